The summed E-state index contributed by atoms with van der Waals surface area (Å²) in [5.74, 6) is 0.460. The molecule has 2 aromatic heterocycles. The highest BCUT2D eigenvalue weighted by Crippen LogP contribution is 2.27. The van der Waals surface area contributed by atoms with Crippen LogP contribution in [0.5, 0.6) is 5.75 Å². The molecule has 0 aliphatic carbocycles. The molecular weight excluding hydrogens is 424 g/mol. The van der Waals surface area contributed by atoms with Crippen molar-refractivity contribution >= 4 is 17.2 Å². The van der Waals surface area contributed by atoms with Gasteiger partial charge in [-0.2, -0.15) is 5.10 Å². The first-order valence-electron chi connectivity index (χ1n) is 11.0. The number of amides is 1. The van der Waals surface area contributed by atoms with Gasteiger partial charge in [0.05, 0.1) is 18.5 Å². The maximum absolute atomic E-state index is 13.5. The minimum absolute atomic E-state index is 0.262. The molecule has 0 spiro atoms. The van der Waals surface area contributed by atoms with Crippen LogP contribution in [0.3, 0.4) is 0 Å². The number of carbonyl (C=O) groups excluding carboxylic acids is 1. The third-order valence-electron chi connectivity index (χ3n) is 5.86. The van der Waals surface area contributed by atoms with Crippen LogP contribution < -0.4 is 10.1 Å². The number of methoxy groups -OCH3 is 1. The fourth-order valence-electron chi connectivity index (χ4n) is 3.83. The zero-order valence-corrected chi connectivity index (χ0v) is 19.2. The van der Waals surface area contributed by atoms with Gasteiger partial charge in [0.25, 0.3) is 5.91 Å². The van der Waals surface area contributed by atoms with E-state index in [1.165, 1.54) is 5.56 Å². The summed E-state index contributed by atoms with van der Waals surface area (Å²) in [6, 6.07) is 27.0. The van der Waals surface area contributed by atoms with Crippen LogP contribution in [-0.2, 0) is 0 Å². The van der Waals surface area contributed by atoms with Gasteiger partial charge in [0, 0.05) is 22.9 Å². The Balaban J connectivity index is 1.64. The molecule has 0 radical (unpaired) electrons. The van der Waals surface area contributed by atoms with E-state index in [1.54, 1.807) is 17.7 Å². The van der Waals surface area contributed by atoms with Crippen LogP contribution in [0.25, 0.3) is 28.2 Å². The summed E-state index contributed by atoms with van der Waals surface area (Å²) < 4.78 is 6.98. The van der Waals surface area contributed by atoms with Crippen LogP contribution in [0.15, 0.2) is 84.9 Å². The lowest BCUT2D eigenvalue weighted by molar-refractivity contribution is 0.102. The third-order valence-corrected chi connectivity index (χ3v) is 5.86. The molecule has 0 atom stereocenters. The van der Waals surface area contributed by atoms with Gasteiger partial charge in [0.2, 0.25) is 0 Å². The standard InChI is InChI=1S/C28H24N4O2/c1-18-12-13-22(14-19(18)2)29-28(33)26-16-24(21-10-7-11-23(15-21)34-3)30-27-17-25(31-32(26)27)20-8-5-4-6-9-20/h4-17H,1-3H3,(H,29,33). The number of fused-ring (bicyclic) bond motifs is 1. The fourth-order valence-corrected chi connectivity index (χ4v) is 3.83. The van der Waals surface area contributed by atoms with E-state index in [2.05, 4.69) is 5.32 Å². The fraction of sp³-hybridized carbons (Fsp3) is 0.107. The molecule has 0 fully saturated rings. The number of hydrogen-bond donors (Lipinski definition) is 1. The molecule has 34 heavy (non-hydrogen) atoms. The van der Waals surface area contributed by atoms with Gasteiger partial charge >= 0.3 is 0 Å². The van der Waals surface area contributed by atoms with Crippen molar-refractivity contribution in [1.82, 2.24) is 14.6 Å². The second-order valence-corrected chi connectivity index (χ2v) is 8.18. The number of nitrogens with zero attached hydrogens (tertiary/aromatic N) is 3. The summed E-state index contributed by atoms with van der Waals surface area (Å²) in [5.41, 5.74) is 7.21. The van der Waals surface area contributed by atoms with Gasteiger partial charge < -0.3 is 10.1 Å². The Bertz CT molecular complexity index is 1510. The van der Waals surface area contributed by atoms with E-state index in [-0.39, 0.29) is 5.91 Å². The maximum Gasteiger partial charge on any atom is 0.274 e. The lowest BCUT2D eigenvalue weighted by Gasteiger charge is -2.11. The Morgan fingerprint density at radius 3 is 2.38 bits per heavy atom. The molecule has 1 N–H and O–H groups in total. The molecule has 5 rings (SSSR count). The molecule has 0 saturated carbocycles. The SMILES string of the molecule is COc1cccc(-c2cc(C(=O)Nc3ccc(C)c(C)c3)n3nc(-c4ccccc4)cc3n2)c1. The molecule has 6 nitrogen and oxygen atoms in total. The molecule has 0 bridgehead atoms. The van der Waals surface area contributed by atoms with Crippen LogP contribution in [0.2, 0.25) is 0 Å². The average molecular weight is 449 g/mol. The smallest absolute Gasteiger partial charge is 0.274 e. The minimum atomic E-state index is -0.262. The van der Waals surface area contributed by atoms with Crippen LogP contribution >= 0.6 is 0 Å². The molecule has 6 heteroatoms. The number of anilines is 1. The normalized spacial score (nSPS) is 10.9. The van der Waals surface area contributed by atoms with Crippen molar-refractivity contribution in [3.63, 3.8) is 0 Å². The zero-order valence-electron chi connectivity index (χ0n) is 19.2. The van der Waals surface area contributed by atoms with E-state index >= 15 is 0 Å². The Labute approximate surface area is 197 Å². The number of hydrogen-bond acceptors (Lipinski definition) is 4. The Morgan fingerprint density at radius 2 is 1.62 bits per heavy atom. The number of benzene rings is 3. The number of carbonyl (C=O) groups is 1. The molecule has 0 aliphatic heterocycles. The molecule has 2 heterocycles. The largest absolute Gasteiger partial charge is 0.497 e. The van der Waals surface area contributed by atoms with E-state index in [1.807, 2.05) is 92.7 Å². The second kappa shape index (κ2) is 8.83. The Morgan fingerprint density at radius 1 is 0.824 bits per heavy atom. The van der Waals surface area contributed by atoms with Crippen molar-refractivity contribution in [2.75, 3.05) is 12.4 Å². The highest BCUT2D eigenvalue weighted by molar-refractivity contribution is 6.04. The van der Waals surface area contributed by atoms with Crippen molar-refractivity contribution < 1.29 is 9.53 Å². The lowest BCUT2D eigenvalue weighted by atomic mass is 10.1. The average Bonchev–Trinajstić information content (AvgIpc) is 3.30. The number of rotatable bonds is 5. The van der Waals surface area contributed by atoms with Gasteiger partial charge in [0.15, 0.2) is 5.65 Å². The Kier molecular flexibility index (Phi) is 5.55. The summed E-state index contributed by atoms with van der Waals surface area (Å²) in [6.45, 7) is 4.07. The first-order valence-corrected chi connectivity index (χ1v) is 11.0. The van der Waals surface area contributed by atoms with Crippen molar-refractivity contribution in [2.45, 2.75) is 13.8 Å². The maximum atomic E-state index is 13.5. The summed E-state index contributed by atoms with van der Waals surface area (Å²) in [5, 5.41) is 7.73. The zero-order chi connectivity index (χ0) is 23.7. The van der Waals surface area contributed by atoms with Gasteiger partial charge in [-0.1, -0.05) is 48.5 Å². The number of aryl methyl sites for hydroxylation is 2. The Hall–Kier alpha value is -4.45. The predicted octanol–water partition coefficient (Wildman–Crippen LogP) is 5.94. The molecular formula is C28H24N4O2. The van der Waals surface area contributed by atoms with Crippen molar-refractivity contribution in [3.05, 3.63) is 102 Å². The van der Waals surface area contributed by atoms with E-state index < -0.39 is 0 Å². The molecule has 168 valence electrons. The highest BCUT2D eigenvalue weighted by Gasteiger charge is 2.18. The van der Waals surface area contributed by atoms with Crippen molar-refractivity contribution in [1.29, 1.82) is 0 Å². The second-order valence-electron chi connectivity index (χ2n) is 8.18. The van der Waals surface area contributed by atoms with E-state index in [0.717, 1.165) is 33.8 Å². The highest BCUT2D eigenvalue weighted by atomic mass is 16.5. The summed E-state index contributed by atoms with van der Waals surface area (Å²) >= 11 is 0. The van der Waals surface area contributed by atoms with E-state index in [4.69, 9.17) is 14.8 Å². The topological polar surface area (TPSA) is 68.5 Å². The molecule has 0 aliphatic rings. The number of aromatic nitrogens is 3. The van der Waals surface area contributed by atoms with Gasteiger partial charge in [-0.05, 0) is 55.3 Å². The van der Waals surface area contributed by atoms with E-state index in [0.29, 0.717) is 17.0 Å². The van der Waals surface area contributed by atoms with Crippen LogP contribution in [0, 0.1) is 13.8 Å². The first kappa shape index (κ1) is 21.4. The van der Waals surface area contributed by atoms with Gasteiger partial charge in [0.1, 0.15) is 11.4 Å². The minimum Gasteiger partial charge on any atom is -0.497 e. The van der Waals surface area contributed by atoms with Gasteiger partial charge in [-0.25, -0.2) is 9.50 Å². The van der Waals surface area contributed by atoms with Gasteiger partial charge in [-0.3, -0.25) is 4.79 Å². The first-order chi connectivity index (χ1) is 16.5. The van der Waals surface area contributed by atoms with Gasteiger partial charge in [-0.15, -0.1) is 0 Å². The molecule has 0 unspecified atom stereocenters. The van der Waals surface area contributed by atoms with Crippen LogP contribution in [0.4, 0.5) is 5.69 Å². The van der Waals surface area contributed by atoms with Crippen LogP contribution in [-0.4, -0.2) is 27.6 Å². The van der Waals surface area contributed by atoms with Crippen molar-refractivity contribution in [2.24, 2.45) is 0 Å². The summed E-state index contributed by atoms with van der Waals surface area (Å²) in [7, 11) is 1.63. The predicted molar refractivity (Wildman–Crippen MR) is 134 cm³/mol. The molecule has 3 aromatic carbocycles. The third kappa shape index (κ3) is 4.13. The van der Waals surface area contributed by atoms with E-state index in [9.17, 15) is 4.79 Å². The summed E-state index contributed by atoms with van der Waals surface area (Å²) in [6.07, 6.45) is 0. The molecule has 0 saturated heterocycles. The molecule has 1 amide bonds. The van der Waals surface area contributed by atoms with Crippen molar-refractivity contribution in [3.8, 4) is 28.3 Å². The lowest BCUT2D eigenvalue weighted by Crippen LogP contribution is -2.17. The number of ether oxygens (including phenoxy) is 1. The van der Waals surface area contributed by atoms with Crippen LogP contribution in [0.1, 0.15) is 21.6 Å². The summed E-state index contributed by atoms with van der Waals surface area (Å²) in [4.78, 5) is 18.3. The number of nitrogens with one attached hydrogen (secondary N) is 1. The molecule has 5 aromatic rings. The quantitative estimate of drug-likeness (QED) is 0.361. The monoisotopic (exact) mass is 448 g/mol.